The normalized spacial score (nSPS) is 16.8. The van der Waals surface area contributed by atoms with Crippen LogP contribution in [0.25, 0.3) is 0 Å². The van der Waals surface area contributed by atoms with Crippen molar-refractivity contribution >= 4 is 23.2 Å². The number of nitrogens with zero attached hydrogens (tertiary/aromatic N) is 4. The van der Waals surface area contributed by atoms with Crippen LogP contribution in [-0.4, -0.2) is 37.9 Å². The van der Waals surface area contributed by atoms with Crippen LogP contribution in [0.15, 0.2) is 18.5 Å². The summed E-state index contributed by atoms with van der Waals surface area (Å²) in [5.41, 5.74) is 0.786. The molecule has 1 fully saturated rings. The highest BCUT2D eigenvalue weighted by Gasteiger charge is 2.22. The topological polar surface area (TPSA) is 54.2 Å². The van der Waals surface area contributed by atoms with E-state index in [2.05, 4.69) is 15.1 Å². The first-order chi connectivity index (χ1) is 11.0. The van der Waals surface area contributed by atoms with Gasteiger partial charge in [0.25, 0.3) is 0 Å². The van der Waals surface area contributed by atoms with Gasteiger partial charge in [-0.3, -0.25) is 4.90 Å². The number of piperidine rings is 1. The summed E-state index contributed by atoms with van der Waals surface area (Å²) in [6.45, 7) is 2.65. The van der Waals surface area contributed by atoms with Gasteiger partial charge >= 0.3 is 0 Å². The molecule has 124 valence electrons. The van der Waals surface area contributed by atoms with Crippen LogP contribution in [-0.2, 0) is 20.0 Å². The van der Waals surface area contributed by atoms with Crippen molar-refractivity contribution in [2.45, 2.75) is 25.8 Å². The Hall–Kier alpha value is -1.30. The van der Waals surface area contributed by atoms with Crippen LogP contribution in [0.5, 0.6) is 5.75 Å². The Morgan fingerprint density at radius 2 is 2.00 bits per heavy atom. The fraction of sp³-hybridized carbons (Fsp3) is 0.500. The number of benzene rings is 1. The Bertz CT molecular complexity index is 681. The number of phenols is 1. The fourth-order valence-electron chi connectivity index (χ4n) is 3.08. The minimum absolute atomic E-state index is 0.136. The molecule has 2 heterocycles. The Kier molecular flexibility index (Phi) is 5.09. The van der Waals surface area contributed by atoms with E-state index in [1.165, 1.54) is 0 Å². The molecule has 0 amide bonds. The second-order valence-electron chi connectivity index (χ2n) is 6.18. The van der Waals surface area contributed by atoms with E-state index in [4.69, 9.17) is 23.2 Å². The highest BCUT2D eigenvalue weighted by atomic mass is 35.5. The van der Waals surface area contributed by atoms with Gasteiger partial charge < -0.3 is 9.67 Å². The smallest absolute Gasteiger partial charge is 0.138 e. The van der Waals surface area contributed by atoms with Gasteiger partial charge in [-0.2, -0.15) is 0 Å². The second-order valence-corrected chi connectivity index (χ2v) is 7.02. The molecule has 0 aliphatic carbocycles. The first-order valence-electron chi connectivity index (χ1n) is 7.75. The number of aromatic hydroxyl groups is 1. The molecule has 1 aromatic carbocycles. The second kappa shape index (κ2) is 7.07. The summed E-state index contributed by atoms with van der Waals surface area (Å²) in [7, 11) is 1.98. The fourth-order valence-corrected chi connectivity index (χ4v) is 3.62. The average Bonchev–Trinajstić information content (AvgIpc) is 2.91. The summed E-state index contributed by atoms with van der Waals surface area (Å²) in [4.78, 5) is 2.33. The monoisotopic (exact) mass is 354 g/mol. The number of aromatic nitrogens is 3. The van der Waals surface area contributed by atoms with Crippen LogP contribution in [0.4, 0.5) is 0 Å². The Morgan fingerprint density at radius 1 is 1.26 bits per heavy atom. The number of hydrogen-bond donors (Lipinski definition) is 1. The lowest BCUT2D eigenvalue weighted by Gasteiger charge is -2.32. The van der Waals surface area contributed by atoms with E-state index in [-0.39, 0.29) is 5.75 Å². The number of halogens is 2. The molecular weight excluding hydrogens is 335 g/mol. The predicted molar refractivity (Wildman–Crippen MR) is 90.8 cm³/mol. The number of rotatable bonds is 4. The SMILES string of the molecule is Cn1cnnc1CC1CCN(Cc2cc(Cl)cc(Cl)c2O)CC1. The van der Waals surface area contributed by atoms with E-state index < -0.39 is 0 Å². The van der Waals surface area contributed by atoms with Crippen molar-refractivity contribution in [3.05, 3.63) is 39.9 Å². The first-order valence-corrected chi connectivity index (χ1v) is 8.50. The summed E-state index contributed by atoms with van der Waals surface area (Å²) in [5, 5.41) is 19.0. The molecule has 0 spiro atoms. The number of likely N-dealkylation sites (tertiary alicyclic amines) is 1. The maximum absolute atomic E-state index is 10.1. The lowest BCUT2D eigenvalue weighted by atomic mass is 9.93. The highest BCUT2D eigenvalue weighted by molar-refractivity contribution is 6.35. The quantitative estimate of drug-likeness (QED) is 0.915. The summed E-state index contributed by atoms with van der Waals surface area (Å²) < 4.78 is 1.98. The molecule has 0 radical (unpaired) electrons. The Balaban J connectivity index is 1.56. The molecule has 0 saturated carbocycles. The van der Waals surface area contributed by atoms with Gasteiger partial charge in [0, 0.05) is 30.6 Å². The molecule has 1 aliphatic heterocycles. The third-order valence-corrected chi connectivity index (χ3v) is 4.99. The zero-order chi connectivity index (χ0) is 16.4. The van der Waals surface area contributed by atoms with E-state index >= 15 is 0 Å². The van der Waals surface area contributed by atoms with Crippen LogP contribution in [0.3, 0.4) is 0 Å². The van der Waals surface area contributed by atoms with Crippen LogP contribution >= 0.6 is 23.2 Å². The molecular formula is C16H20Cl2N4O. The van der Waals surface area contributed by atoms with Crippen molar-refractivity contribution in [1.82, 2.24) is 19.7 Å². The van der Waals surface area contributed by atoms with Crippen molar-refractivity contribution in [3.8, 4) is 5.75 Å². The number of hydrogen-bond acceptors (Lipinski definition) is 4. The lowest BCUT2D eigenvalue weighted by molar-refractivity contribution is 0.174. The molecule has 1 aliphatic rings. The molecule has 3 rings (SSSR count). The third-order valence-electron chi connectivity index (χ3n) is 4.48. The van der Waals surface area contributed by atoms with Crippen LogP contribution in [0.2, 0.25) is 10.0 Å². The van der Waals surface area contributed by atoms with Gasteiger partial charge in [0.2, 0.25) is 0 Å². The summed E-state index contributed by atoms with van der Waals surface area (Å²) >= 11 is 12.0. The van der Waals surface area contributed by atoms with Crippen LogP contribution < -0.4 is 0 Å². The zero-order valence-corrected chi connectivity index (χ0v) is 14.6. The molecule has 23 heavy (non-hydrogen) atoms. The van der Waals surface area contributed by atoms with Crippen molar-refractivity contribution in [2.75, 3.05) is 13.1 Å². The largest absolute Gasteiger partial charge is 0.506 e. The van der Waals surface area contributed by atoms with Gasteiger partial charge in [-0.05, 0) is 44.0 Å². The molecule has 7 heteroatoms. The van der Waals surface area contributed by atoms with E-state index in [9.17, 15) is 5.11 Å². The van der Waals surface area contributed by atoms with E-state index in [1.807, 2.05) is 11.6 Å². The number of aryl methyl sites for hydroxylation is 1. The molecule has 1 saturated heterocycles. The molecule has 0 unspecified atom stereocenters. The summed E-state index contributed by atoms with van der Waals surface area (Å²) in [6, 6.07) is 3.35. The molecule has 5 nitrogen and oxygen atoms in total. The Labute approximate surface area is 145 Å². The summed E-state index contributed by atoms with van der Waals surface area (Å²) in [5.74, 6) is 1.81. The molecule has 1 N–H and O–H groups in total. The van der Waals surface area contributed by atoms with Gasteiger partial charge in [-0.25, -0.2) is 0 Å². The van der Waals surface area contributed by atoms with E-state index in [0.717, 1.165) is 43.7 Å². The van der Waals surface area contributed by atoms with E-state index in [0.29, 0.717) is 22.5 Å². The van der Waals surface area contributed by atoms with Gasteiger partial charge in [0.05, 0.1) is 5.02 Å². The van der Waals surface area contributed by atoms with Crippen molar-refractivity contribution in [3.63, 3.8) is 0 Å². The van der Waals surface area contributed by atoms with Crippen LogP contribution in [0.1, 0.15) is 24.2 Å². The predicted octanol–water partition coefficient (Wildman–Crippen LogP) is 3.28. The molecule has 0 atom stereocenters. The van der Waals surface area contributed by atoms with E-state index in [1.54, 1.807) is 18.5 Å². The summed E-state index contributed by atoms with van der Waals surface area (Å²) in [6.07, 6.45) is 4.94. The average molecular weight is 355 g/mol. The van der Waals surface area contributed by atoms with Crippen molar-refractivity contribution in [1.29, 1.82) is 0 Å². The van der Waals surface area contributed by atoms with Crippen molar-refractivity contribution < 1.29 is 5.11 Å². The van der Waals surface area contributed by atoms with Crippen LogP contribution in [0, 0.1) is 5.92 Å². The van der Waals surface area contributed by atoms with Crippen molar-refractivity contribution in [2.24, 2.45) is 13.0 Å². The van der Waals surface area contributed by atoms with Gasteiger partial charge in [0.1, 0.15) is 17.9 Å². The van der Waals surface area contributed by atoms with Gasteiger partial charge in [-0.1, -0.05) is 23.2 Å². The lowest BCUT2D eigenvalue weighted by Crippen LogP contribution is -2.34. The third kappa shape index (κ3) is 3.97. The minimum atomic E-state index is 0.136. The molecule has 2 aromatic rings. The highest BCUT2D eigenvalue weighted by Crippen LogP contribution is 2.32. The maximum atomic E-state index is 10.1. The molecule has 1 aromatic heterocycles. The van der Waals surface area contributed by atoms with Gasteiger partial charge in [0.15, 0.2) is 0 Å². The van der Waals surface area contributed by atoms with Gasteiger partial charge in [-0.15, -0.1) is 10.2 Å². The zero-order valence-electron chi connectivity index (χ0n) is 13.0. The number of phenolic OH excluding ortho intramolecular Hbond substituents is 1. The first kappa shape index (κ1) is 16.6. The standard InChI is InChI=1S/C16H20Cl2N4O/c1-21-10-19-20-15(21)6-11-2-4-22(5-3-11)9-12-7-13(17)8-14(18)16(12)23/h7-8,10-11,23H,2-6,9H2,1H3. The minimum Gasteiger partial charge on any atom is -0.506 e. The molecule has 0 bridgehead atoms. The maximum Gasteiger partial charge on any atom is 0.138 e. The Morgan fingerprint density at radius 3 is 2.65 bits per heavy atom.